The quantitative estimate of drug-likeness (QED) is 0.790. The van der Waals surface area contributed by atoms with Gasteiger partial charge in [0.05, 0.1) is 0 Å². The number of carbonyl (C=O) groups excluding carboxylic acids is 1. The van der Waals surface area contributed by atoms with Crippen molar-refractivity contribution in [1.82, 2.24) is 0 Å². The molecule has 20 heavy (non-hydrogen) atoms. The number of Topliss-reactive ketones (excluding diaryl/α,β-unsaturated/α-hetero) is 1. The number of carbonyl (C=O) groups is 1. The second-order valence-corrected chi connectivity index (χ2v) is 7.78. The maximum absolute atomic E-state index is 12.4. The van der Waals surface area contributed by atoms with Crippen molar-refractivity contribution in [1.29, 1.82) is 0 Å². The van der Waals surface area contributed by atoms with E-state index in [1.54, 1.807) is 0 Å². The van der Waals surface area contributed by atoms with Crippen LogP contribution in [0.1, 0.15) is 30.7 Å². The van der Waals surface area contributed by atoms with E-state index in [9.17, 15) is 4.79 Å². The SMILES string of the molecule is O=C1CCCC(c2ccccc2)C1[Se]c1ccccc1. The van der Waals surface area contributed by atoms with Gasteiger partial charge in [-0.25, -0.2) is 0 Å². The predicted octanol–water partition coefficient (Wildman–Crippen LogP) is 3.34. The predicted molar refractivity (Wildman–Crippen MR) is 83.6 cm³/mol. The molecule has 0 N–H and O–H groups in total. The molecular formula is C18H18OSe. The van der Waals surface area contributed by atoms with Gasteiger partial charge in [-0.2, -0.15) is 0 Å². The number of hydrogen-bond donors (Lipinski definition) is 0. The average molecular weight is 329 g/mol. The minimum absolute atomic E-state index is 0.209. The third-order valence-electron chi connectivity index (χ3n) is 3.86. The van der Waals surface area contributed by atoms with Crippen molar-refractivity contribution in [2.45, 2.75) is 30.0 Å². The number of hydrogen-bond acceptors (Lipinski definition) is 1. The minimum atomic E-state index is 0.209. The van der Waals surface area contributed by atoms with E-state index in [0.29, 0.717) is 11.7 Å². The van der Waals surface area contributed by atoms with E-state index in [4.69, 9.17) is 0 Å². The van der Waals surface area contributed by atoms with Crippen LogP contribution in [0.25, 0.3) is 0 Å². The van der Waals surface area contributed by atoms with Crippen molar-refractivity contribution < 1.29 is 4.79 Å². The van der Waals surface area contributed by atoms with Crippen molar-refractivity contribution in [2.75, 3.05) is 0 Å². The van der Waals surface area contributed by atoms with Crippen molar-refractivity contribution in [3.8, 4) is 0 Å². The summed E-state index contributed by atoms with van der Waals surface area (Å²) in [6, 6.07) is 21.1. The van der Waals surface area contributed by atoms with Crippen LogP contribution in [0.15, 0.2) is 60.7 Å². The summed E-state index contributed by atoms with van der Waals surface area (Å²) in [4.78, 5) is 12.6. The molecule has 2 aromatic carbocycles. The summed E-state index contributed by atoms with van der Waals surface area (Å²) in [5, 5.41) is 0. The second-order valence-electron chi connectivity index (χ2n) is 5.23. The van der Waals surface area contributed by atoms with Gasteiger partial charge in [0.15, 0.2) is 0 Å². The molecule has 0 amide bonds. The number of ketones is 1. The van der Waals surface area contributed by atoms with Gasteiger partial charge < -0.3 is 0 Å². The van der Waals surface area contributed by atoms with Gasteiger partial charge in [-0.05, 0) is 0 Å². The fourth-order valence-corrected chi connectivity index (χ4v) is 5.61. The standard InChI is InChI=1S/C18H18OSe/c19-17-13-7-12-16(14-8-3-1-4-9-14)18(17)20-15-10-5-2-6-11-15/h1-6,8-11,16,18H,7,12-13H2. The Hall–Kier alpha value is -1.37. The normalized spacial score (nSPS) is 22.7. The van der Waals surface area contributed by atoms with Crippen LogP contribution in [0, 0.1) is 0 Å². The van der Waals surface area contributed by atoms with Crippen LogP contribution >= 0.6 is 0 Å². The Bertz CT molecular complexity index is 564. The van der Waals surface area contributed by atoms with E-state index in [1.165, 1.54) is 10.0 Å². The zero-order valence-electron chi connectivity index (χ0n) is 11.4. The summed E-state index contributed by atoms with van der Waals surface area (Å²) in [7, 11) is 0. The van der Waals surface area contributed by atoms with Gasteiger partial charge in [-0.3, -0.25) is 0 Å². The van der Waals surface area contributed by atoms with E-state index in [2.05, 4.69) is 48.5 Å². The summed E-state index contributed by atoms with van der Waals surface area (Å²) < 4.78 is 1.33. The molecule has 0 spiro atoms. The van der Waals surface area contributed by atoms with E-state index in [-0.39, 0.29) is 19.8 Å². The van der Waals surface area contributed by atoms with Gasteiger partial charge in [-0.15, -0.1) is 0 Å². The summed E-state index contributed by atoms with van der Waals surface area (Å²) in [6.45, 7) is 0. The van der Waals surface area contributed by atoms with Crippen molar-refractivity contribution in [2.24, 2.45) is 0 Å². The number of rotatable bonds is 3. The molecule has 2 unspecified atom stereocenters. The molecule has 3 rings (SSSR count). The molecule has 1 saturated carbocycles. The first-order valence-electron chi connectivity index (χ1n) is 7.14. The van der Waals surface area contributed by atoms with Crippen LogP contribution in [0.5, 0.6) is 0 Å². The summed E-state index contributed by atoms with van der Waals surface area (Å²) in [6.07, 6.45) is 2.96. The van der Waals surface area contributed by atoms with Gasteiger partial charge in [0.25, 0.3) is 0 Å². The van der Waals surface area contributed by atoms with Crippen molar-refractivity contribution in [3.63, 3.8) is 0 Å². The molecule has 1 aliphatic carbocycles. The van der Waals surface area contributed by atoms with E-state index in [1.807, 2.05) is 12.1 Å². The fourth-order valence-electron chi connectivity index (χ4n) is 2.85. The molecule has 0 aliphatic heterocycles. The van der Waals surface area contributed by atoms with E-state index < -0.39 is 0 Å². The van der Waals surface area contributed by atoms with Crippen LogP contribution in [-0.2, 0) is 4.79 Å². The monoisotopic (exact) mass is 330 g/mol. The van der Waals surface area contributed by atoms with E-state index >= 15 is 0 Å². The average Bonchev–Trinajstić information content (AvgIpc) is 2.51. The molecule has 0 aromatic heterocycles. The summed E-state index contributed by atoms with van der Waals surface area (Å²) >= 11 is 0.235. The Balaban J connectivity index is 1.86. The first-order valence-corrected chi connectivity index (χ1v) is 8.98. The molecule has 1 aliphatic rings. The Labute approximate surface area is 126 Å². The molecule has 2 atom stereocenters. The maximum atomic E-state index is 12.4. The first kappa shape index (κ1) is 13.6. The third kappa shape index (κ3) is 3.03. The molecule has 0 radical (unpaired) electrons. The molecule has 102 valence electrons. The van der Waals surface area contributed by atoms with E-state index in [0.717, 1.165) is 19.3 Å². The zero-order chi connectivity index (χ0) is 13.8. The fraction of sp³-hybridized carbons (Fsp3) is 0.278. The van der Waals surface area contributed by atoms with Crippen LogP contribution in [-0.4, -0.2) is 20.7 Å². The van der Waals surface area contributed by atoms with Gasteiger partial charge in [0, 0.05) is 0 Å². The Morgan fingerprint density at radius 2 is 1.55 bits per heavy atom. The van der Waals surface area contributed by atoms with Crippen LogP contribution in [0.3, 0.4) is 0 Å². The molecule has 0 bridgehead atoms. The van der Waals surface area contributed by atoms with Crippen LogP contribution in [0.4, 0.5) is 0 Å². The number of benzene rings is 2. The van der Waals surface area contributed by atoms with Gasteiger partial charge in [0.1, 0.15) is 0 Å². The second kappa shape index (κ2) is 6.39. The molecule has 1 nitrogen and oxygen atoms in total. The van der Waals surface area contributed by atoms with Crippen LogP contribution in [0.2, 0.25) is 4.82 Å². The third-order valence-corrected chi connectivity index (χ3v) is 6.77. The molecular weight excluding hydrogens is 311 g/mol. The van der Waals surface area contributed by atoms with Crippen molar-refractivity contribution >= 4 is 25.2 Å². The van der Waals surface area contributed by atoms with Gasteiger partial charge in [-0.1, -0.05) is 0 Å². The Morgan fingerprint density at radius 1 is 0.900 bits per heavy atom. The molecule has 2 heteroatoms. The zero-order valence-corrected chi connectivity index (χ0v) is 13.1. The summed E-state index contributed by atoms with van der Waals surface area (Å²) in [5.41, 5.74) is 1.34. The molecule has 1 fully saturated rings. The summed E-state index contributed by atoms with van der Waals surface area (Å²) in [5.74, 6) is 0.881. The molecule has 0 saturated heterocycles. The topological polar surface area (TPSA) is 17.1 Å². The van der Waals surface area contributed by atoms with Gasteiger partial charge in [0.2, 0.25) is 0 Å². The molecule has 2 aromatic rings. The van der Waals surface area contributed by atoms with Gasteiger partial charge >= 0.3 is 126 Å². The molecule has 0 heterocycles. The van der Waals surface area contributed by atoms with Crippen molar-refractivity contribution in [3.05, 3.63) is 66.2 Å². The Morgan fingerprint density at radius 3 is 2.25 bits per heavy atom. The Kier molecular flexibility index (Phi) is 4.34. The van der Waals surface area contributed by atoms with Crippen LogP contribution < -0.4 is 4.46 Å². The first-order chi connectivity index (χ1) is 9.84.